The monoisotopic (exact) mass is 184 g/mol. The highest BCUT2D eigenvalue weighted by Gasteiger charge is 2.24. The van der Waals surface area contributed by atoms with E-state index in [9.17, 15) is 4.79 Å². The number of esters is 1. The van der Waals surface area contributed by atoms with Crippen LogP contribution in [0, 0.1) is 17.8 Å². The van der Waals surface area contributed by atoms with Gasteiger partial charge in [-0.3, -0.25) is 4.79 Å². The Morgan fingerprint density at radius 1 is 1.31 bits per heavy atom. The van der Waals surface area contributed by atoms with Crippen LogP contribution in [0.25, 0.3) is 0 Å². The van der Waals surface area contributed by atoms with Crippen LogP contribution in [0.5, 0.6) is 0 Å². The van der Waals surface area contributed by atoms with Crippen molar-refractivity contribution in [3.05, 3.63) is 0 Å². The average Bonchev–Trinajstić information content (AvgIpc) is 2.07. The highest BCUT2D eigenvalue weighted by atomic mass is 16.5. The van der Waals surface area contributed by atoms with Gasteiger partial charge in [-0.2, -0.15) is 0 Å². The van der Waals surface area contributed by atoms with Crippen molar-refractivity contribution in [1.29, 1.82) is 0 Å². The van der Waals surface area contributed by atoms with Gasteiger partial charge in [-0.05, 0) is 30.6 Å². The largest absolute Gasteiger partial charge is 0.466 e. The summed E-state index contributed by atoms with van der Waals surface area (Å²) in [6.07, 6.45) is 3.72. The van der Waals surface area contributed by atoms with E-state index in [2.05, 4.69) is 13.8 Å². The molecule has 0 aromatic heterocycles. The lowest BCUT2D eigenvalue weighted by atomic mass is 9.76. The summed E-state index contributed by atoms with van der Waals surface area (Å²) in [4.78, 5) is 10.6. The summed E-state index contributed by atoms with van der Waals surface area (Å²) in [5.41, 5.74) is 0. The molecular formula is C11H20O2. The highest BCUT2D eigenvalue weighted by molar-refractivity contribution is 5.65. The van der Waals surface area contributed by atoms with Crippen molar-refractivity contribution < 1.29 is 9.53 Å². The standard InChI is InChI=1S/C11H20O2/c1-8-4-5-11(6-9(8)2)7-13-10(3)12/h8-9,11H,4-7H2,1-3H3. The molecule has 0 aliphatic heterocycles. The van der Waals surface area contributed by atoms with Crippen LogP contribution in [0.4, 0.5) is 0 Å². The van der Waals surface area contributed by atoms with Crippen molar-refractivity contribution in [1.82, 2.24) is 0 Å². The number of rotatable bonds is 2. The minimum absolute atomic E-state index is 0.147. The fourth-order valence-corrected chi connectivity index (χ4v) is 2.05. The molecule has 0 saturated heterocycles. The predicted octanol–water partition coefficient (Wildman–Crippen LogP) is 2.62. The van der Waals surface area contributed by atoms with Gasteiger partial charge in [0, 0.05) is 6.92 Å². The Morgan fingerprint density at radius 2 is 2.00 bits per heavy atom. The minimum atomic E-state index is -0.147. The van der Waals surface area contributed by atoms with Crippen LogP contribution in [-0.4, -0.2) is 12.6 Å². The van der Waals surface area contributed by atoms with Gasteiger partial charge in [0.2, 0.25) is 0 Å². The lowest BCUT2D eigenvalue weighted by Crippen LogP contribution is -2.24. The molecule has 0 amide bonds. The first-order valence-electron chi connectivity index (χ1n) is 5.23. The molecule has 0 aromatic carbocycles. The van der Waals surface area contributed by atoms with Gasteiger partial charge in [0.25, 0.3) is 0 Å². The van der Waals surface area contributed by atoms with Gasteiger partial charge in [-0.1, -0.05) is 20.3 Å². The molecule has 1 fully saturated rings. The van der Waals surface area contributed by atoms with Gasteiger partial charge >= 0.3 is 5.97 Å². The summed E-state index contributed by atoms with van der Waals surface area (Å²) in [6, 6.07) is 0. The Kier molecular flexibility index (Phi) is 3.76. The third-order valence-electron chi connectivity index (χ3n) is 3.23. The average molecular weight is 184 g/mol. The summed E-state index contributed by atoms with van der Waals surface area (Å²) in [5.74, 6) is 2.09. The maximum atomic E-state index is 10.6. The first-order chi connectivity index (χ1) is 6.09. The number of carbonyl (C=O) groups is 1. The molecule has 1 aliphatic carbocycles. The topological polar surface area (TPSA) is 26.3 Å². The van der Waals surface area contributed by atoms with Crippen molar-refractivity contribution >= 4 is 5.97 Å². The van der Waals surface area contributed by atoms with Crippen LogP contribution in [0.3, 0.4) is 0 Å². The van der Waals surface area contributed by atoms with Crippen LogP contribution < -0.4 is 0 Å². The summed E-state index contributed by atoms with van der Waals surface area (Å²) >= 11 is 0. The number of hydrogen-bond acceptors (Lipinski definition) is 2. The zero-order valence-electron chi connectivity index (χ0n) is 8.88. The fourth-order valence-electron chi connectivity index (χ4n) is 2.05. The molecule has 1 saturated carbocycles. The van der Waals surface area contributed by atoms with Crippen molar-refractivity contribution in [2.24, 2.45) is 17.8 Å². The maximum Gasteiger partial charge on any atom is 0.302 e. The molecule has 2 nitrogen and oxygen atoms in total. The van der Waals surface area contributed by atoms with Crippen molar-refractivity contribution in [3.8, 4) is 0 Å². The van der Waals surface area contributed by atoms with Crippen molar-refractivity contribution in [2.75, 3.05) is 6.61 Å². The zero-order chi connectivity index (χ0) is 9.84. The highest BCUT2D eigenvalue weighted by Crippen LogP contribution is 2.33. The molecule has 76 valence electrons. The van der Waals surface area contributed by atoms with Gasteiger partial charge in [0.1, 0.15) is 0 Å². The van der Waals surface area contributed by atoms with Crippen LogP contribution in [0.1, 0.15) is 40.0 Å². The van der Waals surface area contributed by atoms with Crippen LogP contribution in [0.15, 0.2) is 0 Å². The molecule has 0 heterocycles. The Hall–Kier alpha value is -0.530. The molecule has 2 heteroatoms. The van der Waals surface area contributed by atoms with Gasteiger partial charge < -0.3 is 4.74 Å². The molecule has 13 heavy (non-hydrogen) atoms. The van der Waals surface area contributed by atoms with Crippen LogP contribution in [0.2, 0.25) is 0 Å². The normalized spacial score (nSPS) is 34.2. The van der Waals surface area contributed by atoms with E-state index in [0.29, 0.717) is 12.5 Å². The molecule has 1 rings (SSSR count). The Bertz CT molecular complexity index is 177. The first-order valence-corrected chi connectivity index (χ1v) is 5.23. The summed E-state index contributed by atoms with van der Waals surface area (Å²) in [7, 11) is 0. The van der Waals surface area contributed by atoms with E-state index in [1.54, 1.807) is 0 Å². The Balaban J connectivity index is 2.25. The number of carbonyl (C=O) groups excluding carboxylic acids is 1. The van der Waals surface area contributed by atoms with E-state index in [1.165, 1.54) is 26.2 Å². The number of ether oxygens (including phenoxy) is 1. The van der Waals surface area contributed by atoms with Crippen LogP contribution in [-0.2, 0) is 9.53 Å². The third-order valence-corrected chi connectivity index (χ3v) is 3.23. The lowest BCUT2D eigenvalue weighted by molar-refractivity contribution is -0.142. The fraction of sp³-hybridized carbons (Fsp3) is 0.909. The second kappa shape index (κ2) is 4.64. The summed E-state index contributed by atoms with van der Waals surface area (Å²) in [5, 5.41) is 0. The first kappa shape index (κ1) is 10.6. The van der Waals surface area contributed by atoms with Gasteiger partial charge in [-0.15, -0.1) is 0 Å². The van der Waals surface area contributed by atoms with E-state index >= 15 is 0 Å². The SMILES string of the molecule is CC(=O)OCC1CCC(C)C(C)C1. The van der Waals surface area contributed by atoms with Gasteiger partial charge in [0.15, 0.2) is 0 Å². The number of hydrogen-bond donors (Lipinski definition) is 0. The van der Waals surface area contributed by atoms with Crippen molar-refractivity contribution in [2.45, 2.75) is 40.0 Å². The molecule has 0 aromatic rings. The maximum absolute atomic E-state index is 10.6. The van der Waals surface area contributed by atoms with E-state index < -0.39 is 0 Å². The van der Waals surface area contributed by atoms with E-state index in [4.69, 9.17) is 4.74 Å². The quantitative estimate of drug-likeness (QED) is 0.617. The molecule has 0 spiro atoms. The molecule has 3 atom stereocenters. The van der Waals surface area contributed by atoms with Gasteiger partial charge in [0.05, 0.1) is 6.61 Å². The molecular weight excluding hydrogens is 164 g/mol. The third kappa shape index (κ3) is 3.37. The second-order valence-electron chi connectivity index (χ2n) is 4.44. The smallest absolute Gasteiger partial charge is 0.302 e. The lowest BCUT2D eigenvalue weighted by Gasteiger charge is -2.31. The molecule has 0 bridgehead atoms. The Morgan fingerprint density at radius 3 is 2.54 bits per heavy atom. The minimum Gasteiger partial charge on any atom is -0.466 e. The molecule has 3 unspecified atom stereocenters. The van der Waals surface area contributed by atoms with Crippen molar-refractivity contribution in [3.63, 3.8) is 0 Å². The van der Waals surface area contributed by atoms with Gasteiger partial charge in [-0.25, -0.2) is 0 Å². The van der Waals surface area contributed by atoms with E-state index in [-0.39, 0.29) is 5.97 Å². The summed E-state index contributed by atoms with van der Waals surface area (Å²) in [6.45, 7) is 6.72. The van der Waals surface area contributed by atoms with E-state index in [0.717, 1.165) is 11.8 Å². The molecule has 0 N–H and O–H groups in total. The Labute approximate surface area is 80.7 Å². The summed E-state index contributed by atoms with van der Waals surface area (Å²) < 4.78 is 5.03. The second-order valence-corrected chi connectivity index (χ2v) is 4.44. The molecule has 0 radical (unpaired) electrons. The van der Waals surface area contributed by atoms with Crippen LogP contribution >= 0.6 is 0 Å². The van der Waals surface area contributed by atoms with E-state index in [1.807, 2.05) is 0 Å². The molecule has 1 aliphatic rings. The predicted molar refractivity (Wildman–Crippen MR) is 52.3 cm³/mol. The zero-order valence-corrected chi connectivity index (χ0v) is 8.88.